The molecule has 8 nitrogen and oxygen atoms in total. The summed E-state index contributed by atoms with van der Waals surface area (Å²) in [5, 5.41) is 5.85. The molecule has 1 aromatic carbocycles. The second-order valence-corrected chi connectivity index (χ2v) is 5.41. The number of nitrogens with one attached hydrogen (secondary N) is 2. The van der Waals surface area contributed by atoms with E-state index in [-0.39, 0.29) is 5.91 Å². The van der Waals surface area contributed by atoms with E-state index in [1.54, 1.807) is 21.3 Å². The van der Waals surface area contributed by atoms with Crippen LogP contribution in [0.25, 0.3) is 0 Å². The lowest BCUT2D eigenvalue weighted by Gasteiger charge is -2.10. The third-order valence-corrected chi connectivity index (χ3v) is 3.65. The molecular weight excluding hydrogens is 336 g/mol. The van der Waals surface area contributed by atoms with Crippen molar-refractivity contribution in [2.24, 2.45) is 0 Å². The molecule has 0 aliphatic carbocycles. The van der Waals surface area contributed by atoms with Crippen molar-refractivity contribution in [1.29, 1.82) is 0 Å². The zero-order chi connectivity index (χ0) is 18.8. The summed E-state index contributed by atoms with van der Waals surface area (Å²) in [6.07, 6.45) is 3.66. The van der Waals surface area contributed by atoms with Crippen molar-refractivity contribution in [3.63, 3.8) is 0 Å². The van der Waals surface area contributed by atoms with Gasteiger partial charge in [-0.05, 0) is 24.1 Å². The van der Waals surface area contributed by atoms with Crippen molar-refractivity contribution < 1.29 is 19.0 Å². The van der Waals surface area contributed by atoms with Crippen LogP contribution in [0.5, 0.6) is 11.5 Å². The molecule has 26 heavy (non-hydrogen) atoms. The van der Waals surface area contributed by atoms with Gasteiger partial charge in [0.25, 0.3) is 5.91 Å². The molecule has 1 amide bonds. The van der Waals surface area contributed by atoms with Gasteiger partial charge < -0.3 is 24.8 Å². The molecule has 140 valence electrons. The Hall–Kier alpha value is -2.87. The molecule has 0 unspecified atom stereocenters. The van der Waals surface area contributed by atoms with E-state index in [0.29, 0.717) is 49.1 Å². The van der Waals surface area contributed by atoms with Crippen LogP contribution in [0.2, 0.25) is 0 Å². The molecule has 0 saturated heterocycles. The maximum absolute atomic E-state index is 12.2. The van der Waals surface area contributed by atoms with E-state index in [0.717, 1.165) is 5.56 Å². The van der Waals surface area contributed by atoms with Crippen molar-refractivity contribution in [3.8, 4) is 11.5 Å². The van der Waals surface area contributed by atoms with E-state index < -0.39 is 0 Å². The Balaban J connectivity index is 1.83. The molecule has 2 rings (SSSR count). The average Bonchev–Trinajstić information content (AvgIpc) is 2.68. The van der Waals surface area contributed by atoms with E-state index in [1.165, 1.54) is 12.4 Å². The second-order valence-electron chi connectivity index (χ2n) is 5.41. The maximum atomic E-state index is 12.2. The highest BCUT2D eigenvalue weighted by Gasteiger charge is 2.08. The zero-order valence-corrected chi connectivity index (χ0v) is 15.2. The molecule has 0 atom stereocenters. The van der Waals surface area contributed by atoms with Crippen LogP contribution in [0.1, 0.15) is 15.9 Å². The fourth-order valence-electron chi connectivity index (χ4n) is 2.26. The van der Waals surface area contributed by atoms with Crippen molar-refractivity contribution in [2.75, 3.05) is 46.3 Å². The number of hydrogen-bond donors (Lipinski definition) is 2. The van der Waals surface area contributed by atoms with Gasteiger partial charge in [-0.15, -0.1) is 0 Å². The van der Waals surface area contributed by atoms with E-state index in [1.807, 2.05) is 18.2 Å². The quantitative estimate of drug-likeness (QED) is 0.620. The Labute approximate surface area is 152 Å². The van der Waals surface area contributed by atoms with Gasteiger partial charge >= 0.3 is 0 Å². The molecule has 0 aliphatic heterocycles. The van der Waals surface area contributed by atoms with Crippen LogP contribution in [0, 0.1) is 0 Å². The molecule has 1 heterocycles. The first kappa shape index (κ1) is 19.5. The first-order chi connectivity index (χ1) is 12.7. The van der Waals surface area contributed by atoms with Crippen LogP contribution < -0.4 is 20.1 Å². The largest absolute Gasteiger partial charge is 0.493 e. The Morgan fingerprint density at radius 3 is 2.42 bits per heavy atom. The second kappa shape index (κ2) is 10.2. The van der Waals surface area contributed by atoms with Crippen LogP contribution in [0.3, 0.4) is 0 Å². The number of carbonyl (C=O) groups excluding carboxylic acids is 1. The minimum atomic E-state index is -0.214. The Morgan fingerprint density at radius 2 is 1.77 bits per heavy atom. The predicted octanol–water partition coefficient (Wildman–Crippen LogP) is 1.52. The van der Waals surface area contributed by atoms with E-state index in [2.05, 4.69) is 20.6 Å². The normalized spacial score (nSPS) is 10.3. The number of carbonyl (C=O) groups is 1. The van der Waals surface area contributed by atoms with Crippen molar-refractivity contribution >= 4 is 11.9 Å². The number of benzene rings is 1. The molecule has 0 bridgehead atoms. The number of hydrogen-bond acceptors (Lipinski definition) is 7. The summed E-state index contributed by atoms with van der Waals surface area (Å²) < 4.78 is 15.4. The Kier molecular flexibility index (Phi) is 7.63. The smallest absolute Gasteiger partial charge is 0.254 e. The van der Waals surface area contributed by atoms with Crippen LogP contribution >= 0.6 is 0 Å². The van der Waals surface area contributed by atoms with Crippen molar-refractivity contribution in [1.82, 2.24) is 15.3 Å². The van der Waals surface area contributed by atoms with Crippen molar-refractivity contribution in [3.05, 3.63) is 41.7 Å². The van der Waals surface area contributed by atoms with Crippen LogP contribution in [0.4, 0.5) is 5.95 Å². The first-order valence-corrected chi connectivity index (χ1v) is 8.22. The summed E-state index contributed by atoms with van der Waals surface area (Å²) in [7, 11) is 4.81. The number of methoxy groups -OCH3 is 3. The van der Waals surface area contributed by atoms with Crippen molar-refractivity contribution in [2.45, 2.75) is 6.42 Å². The van der Waals surface area contributed by atoms with Gasteiger partial charge in [0.05, 0.1) is 26.4 Å². The number of nitrogens with zero attached hydrogens (tertiary/aromatic N) is 2. The number of anilines is 1. The molecule has 8 heteroatoms. The Morgan fingerprint density at radius 1 is 1.04 bits per heavy atom. The monoisotopic (exact) mass is 360 g/mol. The molecule has 2 aromatic rings. The first-order valence-electron chi connectivity index (χ1n) is 8.22. The molecule has 2 N–H and O–H groups in total. The fourth-order valence-corrected chi connectivity index (χ4v) is 2.26. The Bertz CT molecular complexity index is 707. The van der Waals surface area contributed by atoms with Crippen LogP contribution in [-0.4, -0.2) is 56.9 Å². The summed E-state index contributed by atoms with van der Waals surface area (Å²) in [6.45, 7) is 1.65. The summed E-state index contributed by atoms with van der Waals surface area (Å²) in [5.41, 5.74) is 1.45. The standard InChI is InChI=1S/C18H24N4O4/c1-24-9-8-20-18-21-11-14(12-22-18)17(23)19-7-6-13-4-5-15(25-2)16(10-13)26-3/h4-5,10-12H,6-9H2,1-3H3,(H,19,23)(H,20,21,22). The van der Waals surface area contributed by atoms with Gasteiger partial charge in [-0.1, -0.05) is 6.07 Å². The van der Waals surface area contributed by atoms with E-state index >= 15 is 0 Å². The maximum Gasteiger partial charge on any atom is 0.254 e. The molecule has 0 saturated carbocycles. The summed E-state index contributed by atoms with van der Waals surface area (Å²) in [6, 6.07) is 5.69. The summed E-state index contributed by atoms with van der Waals surface area (Å²) in [5.74, 6) is 1.59. The predicted molar refractivity (Wildman–Crippen MR) is 98.0 cm³/mol. The van der Waals surface area contributed by atoms with E-state index in [9.17, 15) is 4.79 Å². The number of aromatic nitrogens is 2. The molecule has 0 aliphatic rings. The molecule has 0 fully saturated rings. The highest BCUT2D eigenvalue weighted by molar-refractivity contribution is 5.93. The van der Waals surface area contributed by atoms with Gasteiger partial charge in [-0.2, -0.15) is 0 Å². The van der Waals surface area contributed by atoms with Gasteiger partial charge in [0.1, 0.15) is 0 Å². The minimum Gasteiger partial charge on any atom is -0.493 e. The lowest BCUT2D eigenvalue weighted by atomic mass is 10.1. The average molecular weight is 360 g/mol. The van der Waals surface area contributed by atoms with Crippen LogP contribution in [-0.2, 0) is 11.2 Å². The number of rotatable bonds is 10. The minimum absolute atomic E-state index is 0.214. The lowest BCUT2D eigenvalue weighted by molar-refractivity contribution is 0.0953. The van der Waals surface area contributed by atoms with Gasteiger partial charge in [0, 0.05) is 32.6 Å². The summed E-state index contributed by atoms with van der Waals surface area (Å²) in [4.78, 5) is 20.4. The third-order valence-electron chi connectivity index (χ3n) is 3.65. The number of ether oxygens (including phenoxy) is 3. The molecular formula is C18H24N4O4. The molecule has 1 aromatic heterocycles. The fraction of sp³-hybridized carbons (Fsp3) is 0.389. The van der Waals surface area contributed by atoms with Gasteiger partial charge in [-0.25, -0.2) is 9.97 Å². The topological polar surface area (TPSA) is 94.6 Å². The van der Waals surface area contributed by atoms with Gasteiger partial charge in [-0.3, -0.25) is 4.79 Å². The molecule has 0 radical (unpaired) electrons. The SMILES string of the molecule is COCCNc1ncc(C(=O)NCCc2ccc(OC)c(OC)c2)cn1. The van der Waals surface area contributed by atoms with E-state index in [4.69, 9.17) is 14.2 Å². The van der Waals surface area contributed by atoms with Crippen LogP contribution in [0.15, 0.2) is 30.6 Å². The van der Waals surface area contributed by atoms with Gasteiger partial charge in [0.2, 0.25) is 5.95 Å². The van der Waals surface area contributed by atoms with Gasteiger partial charge in [0.15, 0.2) is 11.5 Å². The zero-order valence-electron chi connectivity index (χ0n) is 15.2. The molecule has 0 spiro atoms. The summed E-state index contributed by atoms with van der Waals surface area (Å²) >= 11 is 0. The third kappa shape index (κ3) is 5.59. The highest BCUT2D eigenvalue weighted by atomic mass is 16.5. The highest BCUT2D eigenvalue weighted by Crippen LogP contribution is 2.27. The lowest BCUT2D eigenvalue weighted by Crippen LogP contribution is -2.26. The number of amides is 1.